The van der Waals surface area contributed by atoms with Crippen LogP contribution in [0.25, 0.3) is 11.3 Å². The number of nitrogens with one attached hydrogen (secondary N) is 1. The average molecular weight is 438 g/mol. The third-order valence-electron chi connectivity index (χ3n) is 5.60. The summed E-state index contributed by atoms with van der Waals surface area (Å²) in [4.78, 5) is 13.5. The normalized spacial score (nSPS) is 22.8. The monoisotopic (exact) mass is 437 g/mol. The Kier molecular flexibility index (Phi) is 6.46. The van der Waals surface area contributed by atoms with Gasteiger partial charge in [0.25, 0.3) is 5.69 Å². The van der Waals surface area contributed by atoms with Crippen LogP contribution in [-0.2, 0) is 11.3 Å². The molecule has 29 heavy (non-hydrogen) atoms. The standard InChI is InChI=1S/C20H24ClN3O4S/c21-15-1-3-17(18(11-15)24(25)26)19-4-2-16(28-19)12-22-13-20(5-10-29-14-20)23-6-8-27-9-7-23/h1-4,11,22H,5-10,12-14H2. The van der Waals surface area contributed by atoms with E-state index in [2.05, 4.69) is 10.2 Å². The highest BCUT2D eigenvalue weighted by Crippen LogP contribution is 2.35. The van der Waals surface area contributed by atoms with Gasteiger partial charge in [0.15, 0.2) is 0 Å². The van der Waals surface area contributed by atoms with Crippen molar-refractivity contribution in [2.24, 2.45) is 0 Å². The highest BCUT2D eigenvalue weighted by molar-refractivity contribution is 7.99. The van der Waals surface area contributed by atoms with Gasteiger partial charge in [0.2, 0.25) is 0 Å². The molecule has 9 heteroatoms. The number of halogens is 1. The zero-order valence-electron chi connectivity index (χ0n) is 16.1. The molecule has 156 valence electrons. The molecule has 2 fully saturated rings. The molecule has 2 saturated heterocycles. The lowest BCUT2D eigenvalue weighted by Gasteiger charge is -2.43. The van der Waals surface area contributed by atoms with Crippen molar-refractivity contribution in [3.8, 4) is 11.3 Å². The van der Waals surface area contributed by atoms with Gasteiger partial charge in [-0.15, -0.1) is 0 Å². The fourth-order valence-electron chi connectivity index (χ4n) is 4.04. The van der Waals surface area contributed by atoms with Crippen LogP contribution in [0.1, 0.15) is 12.2 Å². The summed E-state index contributed by atoms with van der Waals surface area (Å²) < 4.78 is 11.4. The largest absolute Gasteiger partial charge is 0.459 e. The molecule has 7 nitrogen and oxygen atoms in total. The highest BCUT2D eigenvalue weighted by Gasteiger charge is 2.40. The lowest BCUT2D eigenvalue weighted by Crippen LogP contribution is -2.58. The van der Waals surface area contributed by atoms with Crippen molar-refractivity contribution >= 4 is 29.1 Å². The van der Waals surface area contributed by atoms with E-state index in [1.165, 1.54) is 18.2 Å². The molecular formula is C20H24ClN3O4S. The van der Waals surface area contributed by atoms with Crippen LogP contribution in [0.15, 0.2) is 34.7 Å². The number of benzene rings is 1. The van der Waals surface area contributed by atoms with E-state index < -0.39 is 4.92 Å². The molecule has 2 aromatic rings. The minimum atomic E-state index is -0.439. The number of morpholine rings is 1. The van der Waals surface area contributed by atoms with Gasteiger partial charge in [-0.25, -0.2) is 0 Å². The number of ether oxygens (including phenoxy) is 1. The second-order valence-corrected chi connectivity index (χ2v) is 8.96. The Morgan fingerprint density at radius 1 is 1.28 bits per heavy atom. The number of hydrogen-bond donors (Lipinski definition) is 1. The molecule has 1 aromatic heterocycles. The van der Waals surface area contributed by atoms with Gasteiger partial charge < -0.3 is 14.5 Å². The summed E-state index contributed by atoms with van der Waals surface area (Å²) >= 11 is 7.91. The maximum Gasteiger partial charge on any atom is 0.281 e. The lowest BCUT2D eigenvalue weighted by atomic mass is 9.95. The summed E-state index contributed by atoms with van der Waals surface area (Å²) in [5, 5.41) is 15.2. The van der Waals surface area contributed by atoms with E-state index >= 15 is 0 Å². The first-order valence-electron chi connectivity index (χ1n) is 9.72. The van der Waals surface area contributed by atoms with Gasteiger partial charge in [-0.2, -0.15) is 11.8 Å². The zero-order valence-corrected chi connectivity index (χ0v) is 17.6. The third kappa shape index (κ3) is 4.62. The first kappa shape index (κ1) is 20.7. The topological polar surface area (TPSA) is 80.8 Å². The van der Waals surface area contributed by atoms with Crippen LogP contribution in [0.2, 0.25) is 5.02 Å². The molecule has 0 spiro atoms. The molecule has 2 aliphatic rings. The van der Waals surface area contributed by atoms with Crippen molar-refractivity contribution in [3.63, 3.8) is 0 Å². The molecule has 1 N–H and O–H groups in total. The van der Waals surface area contributed by atoms with Crippen molar-refractivity contribution < 1.29 is 14.1 Å². The second-order valence-electron chi connectivity index (χ2n) is 7.41. The van der Waals surface area contributed by atoms with E-state index in [1.807, 2.05) is 17.8 Å². The van der Waals surface area contributed by atoms with Crippen LogP contribution in [-0.4, -0.2) is 59.7 Å². The van der Waals surface area contributed by atoms with E-state index in [1.54, 1.807) is 18.2 Å². The van der Waals surface area contributed by atoms with Crippen LogP contribution >= 0.6 is 23.4 Å². The Balaban J connectivity index is 1.42. The molecule has 2 aliphatic heterocycles. The number of nitro groups is 1. The minimum Gasteiger partial charge on any atom is -0.459 e. The van der Waals surface area contributed by atoms with Gasteiger partial charge in [-0.1, -0.05) is 11.6 Å². The number of nitrogens with zero attached hydrogens (tertiary/aromatic N) is 2. The van der Waals surface area contributed by atoms with Gasteiger partial charge in [-0.05, 0) is 36.4 Å². The lowest BCUT2D eigenvalue weighted by molar-refractivity contribution is -0.384. The number of nitro benzene ring substituents is 1. The van der Waals surface area contributed by atoms with Gasteiger partial charge in [0.05, 0.1) is 30.2 Å². The maximum atomic E-state index is 11.3. The van der Waals surface area contributed by atoms with Crippen LogP contribution in [0.4, 0.5) is 5.69 Å². The predicted octanol–water partition coefficient (Wildman–Crippen LogP) is 3.81. The Morgan fingerprint density at radius 2 is 2.10 bits per heavy atom. The number of rotatable bonds is 7. The average Bonchev–Trinajstić information content (AvgIpc) is 3.39. The smallest absolute Gasteiger partial charge is 0.281 e. The SMILES string of the molecule is O=[N+]([O-])c1cc(Cl)ccc1-c1ccc(CNCC2(N3CCOCC3)CCSC2)o1. The van der Waals surface area contributed by atoms with Crippen molar-refractivity contribution in [1.29, 1.82) is 0 Å². The fraction of sp³-hybridized carbons (Fsp3) is 0.500. The molecule has 0 bridgehead atoms. The van der Waals surface area contributed by atoms with Gasteiger partial charge in [0, 0.05) is 42.0 Å². The third-order valence-corrected chi connectivity index (χ3v) is 7.07. The molecular weight excluding hydrogens is 414 g/mol. The molecule has 4 rings (SSSR count). The van der Waals surface area contributed by atoms with Gasteiger partial charge in [-0.3, -0.25) is 15.0 Å². The Morgan fingerprint density at radius 3 is 2.83 bits per heavy atom. The highest BCUT2D eigenvalue weighted by atomic mass is 35.5. The van der Waals surface area contributed by atoms with Crippen LogP contribution in [0.5, 0.6) is 0 Å². The molecule has 0 radical (unpaired) electrons. The molecule has 1 aromatic carbocycles. The summed E-state index contributed by atoms with van der Waals surface area (Å²) in [7, 11) is 0. The van der Waals surface area contributed by atoms with E-state index in [4.69, 9.17) is 20.8 Å². The molecule has 3 heterocycles. The summed E-state index contributed by atoms with van der Waals surface area (Å²) in [6.45, 7) is 5.03. The van der Waals surface area contributed by atoms with E-state index in [-0.39, 0.29) is 11.2 Å². The van der Waals surface area contributed by atoms with Crippen LogP contribution in [0.3, 0.4) is 0 Å². The maximum absolute atomic E-state index is 11.3. The van der Waals surface area contributed by atoms with Crippen molar-refractivity contribution in [2.75, 3.05) is 44.4 Å². The van der Waals surface area contributed by atoms with Crippen molar-refractivity contribution in [3.05, 3.63) is 51.2 Å². The second kappa shape index (κ2) is 9.06. The van der Waals surface area contributed by atoms with Gasteiger partial charge in [0.1, 0.15) is 11.5 Å². The first-order chi connectivity index (χ1) is 14.1. The summed E-state index contributed by atoms with van der Waals surface area (Å²) in [5.41, 5.74) is 0.544. The quantitative estimate of drug-likeness (QED) is 0.521. The predicted molar refractivity (Wildman–Crippen MR) is 115 cm³/mol. The van der Waals surface area contributed by atoms with E-state index in [0.29, 0.717) is 22.9 Å². The molecule has 0 saturated carbocycles. The minimum absolute atomic E-state index is 0.0550. The molecule has 0 aliphatic carbocycles. The van der Waals surface area contributed by atoms with Crippen molar-refractivity contribution in [1.82, 2.24) is 10.2 Å². The van der Waals surface area contributed by atoms with Gasteiger partial charge >= 0.3 is 0 Å². The number of furan rings is 1. The Bertz CT molecular complexity index is 863. The first-order valence-corrected chi connectivity index (χ1v) is 11.2. The van der Waals surface area contributed by atoms with E-state index in [0.717, 1.165) is 44.4 Å². The summed E-state index contributed by atoms with van der Waals surface area (Å²) in [5.74, 6) is 3.54. The Hall–Kier alpha value is -1.58. The Labute approximate surface area is 178 Å². The van der Waals surface area contributed by atoms with E-state index in [9.17, 15) is 10.1 Å². The number of thioether (sulfide) groups is 1. The molecule has 1 atom stereocenters. The molecule has 0 amide bonds. The number of hydrogen-bond acceptors (Lipinski definition) is 7. The summed E-state index contributed by atoms with van der Waals surface area (Å²) in [6, 6.07) is 8.25. The van der Waals surface area contributed by atoms with Crippen LogP contribution in [0, 0.1) is 10.1 Å². The van der Waals surface area contributed by atoms with Crippen molar-refractivity contribution in [2.45, 2.75) is 18.5 Å². The summed E-state index contributed by atoms with van der Waals surface area (Å²) in [6.07, 6.45) is 1.17. The molecule has 1 unspecified atom stereocenters. The zero-order chi connectivity index (χ0) is 20.3. The fourth-order valence-corrected chi connectivity index (χ4v) is 5.68. The van der Waals surface area contributed by atoms with Crippen LogP contribution < -0.4 is 5.32 Å².